The van der Waals surface area contributed by atoms with Crippen LogP contribution in [0.3, 0.4) is 0 Å². The molecule has 4 nitrogen and oxygen atoms in total. The number of hydrogen-bond donors (Lipinski definition) is 0. The van der Waals surface area contributed by atoms with E-state index in [-0.39, 0.29) is 0 Å². The summed E-state index contributed by atoms with van der Waals surface area (Å²) in [6.07, 6.45) is 0. The van der Waals surface area contributed by atoms with Gasteiger partial charge in [0.15, 0.2) is 0 Å². The molecule has 0 unspecified atom stereocenters. The van der Waals surface area contributed by atoms with Gasteiger partial charge in [-0.1, -0.05) is 0 Å². The first kappa shape index (κ1) is 9.99. The van der Waals surface area contributed by atoms with E-state index < -0.39 is 13.3 Å². The molecule has 0 aromatic heterocycles. The number of hydrogen-bond acceptors (Lipinski definition) is 4. The molecule has 5 heteroatoms. The molecule has 0 aromatic rings. The van der Waals surface area contributed by atoms with Gasteiger partial charge in [0.25, 0.3) is 0 Å². The molecule has 0 N–H and O–H groups in total. The van der Waals surface area contributed by atoms with Gasteiger partial charge in [0.2, 0.25) is 0 Å². The van der Waals surface area contributed by atoms with Gasteiger partial charge in [0, 0.05) is 0 Å². The monoisotopic (exact) mass is 238 g/mol. The summed E-state index contributed by atoms with van der Waals surface area (Å²) in [7, 11) is 0. The Morgan fingerprint density at radius 2 is 1.58 bits per heavy atom. The van der Waals surface area contributed by atoms with E-state index in [1.807, 2.05) is 23.6 Å². The fraction of sp³-hybridized carbons (Fsp3) is 0.857. The summed E-state index contributed by atoms with van der Waals surface area (Å²) in [6.45, 7) is 7.24. The second-order valence-corrected chi connectivity index (χ2v) is 4.43. The molecular weight excluding hydrogens is 223 g/mol. The Hall–Kier alpha value is -0.0905. The molecule has 12 heavy (non-hydrogen) atoms. The van der Waals surface area contributed by atoms with Gasteiger partial charge in [-0.15, -0.1) is 0 Å². The van der Waals surface area contributed by atoms with Gasteiger partial charge in [-0.3, -0.25) is 0 Å². The molecule has 0 aliphatic carbocycles. The van der Waals surface area contributed by atoms with Crippen molar-refractivity contribution in [2.75, 3.05) is 26.2 Å². The SMILES string of the molecule is CCN1CCN(CC)C1=[Se](=O)=O. The van der Waals surface area contributed by atoms with Crippen molar-refractivity contribution in [3.05, 3.63) is 0 Å². The third-order valence-corrected chi connectivity index (χ3v) is 3.80. The Morgan fingerprint density at radius 3 is 1.83 bits per heavy atom. The molecule has 1 fully saturated rings. The average molecular weight is 237 g/mol. The van der Waals surface area contributed by atoms with Crippen LogP contribution in [0.4, 0.5) is 0 Å². The van der Waals surface area contributed by atoms with Crippen LogP contribution in [0.15, 0.2) is 0 Å². The number of nitrogens with zero attached hydrogens (tertiary/aromatic N) is 2. The Balaban J connectivity index is 2.96. The van der Waals surface area contributed by atoms with Gasteiger partial charge in [0.1, 0.15) is 0 Å². The molecule has 1 saturated heterocycles. The van der Waals surface area contributed by atoms with Crippen LogP contribution in [0.25, 0.3) is 0 Å². The Morgan fingerprint density at radius 1 is 1.17 bits per heavy atom. The quantitative estimate of drug-likeness (QED) is 0.616. The van der Waals surface area contributed by atoms with Gasteiger partial charge in [-0.05, 0) is 0 Å². The predicted molar refractivity (Wildman–Crippen MR) is 46.6 cm³/mol. The van der Waals surface area contributed by atoms with Crippen molar-refractivity contribution in [2.45, 2.75) is 13.8 Å². The maximum atomic E-state index is 10.9. The molecule has 0 atom stereocenters. The zero-order valence-electron chi connectivity index (χ0n) is 7.45. The van der Waals surface area contributed by atoms with Gasteiger partial charge >= 0.3 is 75.5 Å². The molecular formula is C7H14N2O2Se. The van der Waals surface area contributed by atoms with Crippen molar-refractivity contribution in [3.63, 3.8) is 0 Å². The molecule has 0 spiro atoms. The summed E-state index contributed by atoms with van der Waals surface area (Å²) >= 11 is -2.98. The molecule has 0 bridgehead atoms. The van der Waals surface area contributed by atoms with Crippen molar-refractivity contribution >= 4 is 18.0 Å². The minimum atomic E-state index is -2.98. The van der Waals surface area contributed by atoms with Crippen LogP contribution in [0.2, 0.25) is 0 Å². The summed E-state index contributed by atoms with van der Waals surface area (Å²) in [6, 6.07) is 0. The van der Waals surface area contributed by atoms with Gasteiger partial charge < -0.3 is 0 Å². The Labute approximate surface area is 76.0 Å². The van der Waals surface area contributed by atoms with E-state index in [1.165, 1.54) is 0 Å². The summed E-state index contributed by atoms with van der Waals surface area (Å²) in [5.74, 6) is 0. The van der Waals surface area contributed by atoms with E-state index in [4.69, 9.17) is 0 Å². The first-order valence-corrected chi connectivity index (χ1v) is 6.42. The van der Waals surface area contributed by atoms with Crippen molar-refractivity contribution in [1.29, 1.82) is 0 Å². The zero-order valence-corrected chi connectivity index (χ0v) is 9.16. The van der Waals surface area contributed by atoms with Gasteiger partial charge in [0.05, 0.1) is 0 Å². The molecule has 0 radical (unpaired) electrons. The Bertz CT molecular complexity index is 262. The van der Waals surface area contributed by atoms with Crippen molar-refractivity contribution in [1.82, 2.24) is 9.80 Å². The molecule has 0 aromatic carbocycles. The second-order valence-electron chi connectivity index (χ2n) is 2.68. The Kier molecular flexibility index (Phi) is 3.52. The van der Waals surface area contributed by atoms with Gasteiger partial charge in [-0.2, -0.15) is 0 Å². The van der Waals surface area contributed by atoms with E-state index >= 15 is 0 Å². The van der Waals surface area contributed by atoms with Crippen LogP contribution in [-0.4, -0.2) is 54.0 Å². The fourth-order valence-corrected chi connectivity index (χ4v) is 3.24. The van der Waals surface area contributed by atoms with Crippen molar-refractivity contribution in [2.24, 2.45) is 0 Å². The van der Waals surface area contributed by atoms with Crippen molar-refractivity contribution < 1.29 is 7.67 Å². The molecule has 70 valence electrons. The summed E-state index contributed by atoms with van der Waals surface area (Å²) < 4.78 is 22.4. The van der Waals surface area contributed by atoms with E-state index in [0.29, 0.717) is 4.67 Å². The molecule has 1 heterocycles. The van der Waals surface area contributed by atoms with Gasteiger partial charge in [-0.25, -0.2) is 0 Å². The first-order chi connectivity index (χ1) is 5.70. The molecule has 1 aliphatic heterocycles. The normalized spacial score (nSPS) is 20.3. The number of likely N-dealkylation sites (N-methyl/N-ethyl adjacent to an activating group) is 2. The van der Waals surface area contributed by atoms with Crippen LogP contribution in [0.1, 0.15) is 13.8 Å². The molecule has 1 aliphatic rings. The van der Waals surface area contributed by atoms with E-state index in [0.717, 1.165) is 26.2 Å². The first-order valence-electron chi connectivity index (χ1n) is 4.16. The maximum absolute atomic E-state index is 10.9. The topological polar surface area (TPSA) is 40.6 Å². The van der Waals surface area contributed by atoms with E-state index in [1.54, 1.807) is 0 Å². The number of rotatable bonds is 2. The zero-order chi connectivity index (χ0) is 9.14. The van der Waals surface area contributed by atoms with Crippen LogP contribution in [0.5, 0.6) is 0 Å². The average Bonchev–Trinajstić information content (AvgIpc) is 2.46. The van der Waals surface area contributed by atoms with Crippen LogP contribution < -0.4 is 0 Å². The fourth-order valence-electron chi connectivity index (χ4n) is 1.43. The summed E-state index contributed by atoms with van der Waals surface area (Å²) in [5.41, 5.74) is 0. The third kappa shape index (κ3) is 1.80. The van der Waals surface area contributed by atoms with Crippen LogP contribution >= 0.6 is 0 Å². The third-order valence-electron chi connectivity index (χ3n) is 2.09. The minimum absolute atomic E-state index is 0.556. The summed E-state index contributed by atoms with van der Waals surface area (Å²) in [5, 5.41) is 0. The predicted octanol–water partition coefficient (Wildman–Crippen LogP) is -0.338. The van der Waals surface area contributed by atoms with Crippen LogP contribution in [0, 0.1) is 0 Å². The standard InChI is InChI=1S/C7H14N2O2Se/c1-3-8-5-6-9(4-2)7(8)12(10)11/h3-6H2,1-2H3. The van der Waals surface area contributed by atoms with E-state index in [2.05, 4.69) is 0 Å². The van der Waals surface area contributed by atoms with Crippen molar-refractivity contribution in [3.8, 4) is 0 Å². The molecule has 0 saturated carbocycles. The molecule has 1 rings (SSSR count). The second kappa shape index (κ2) is 4.23. The van der Waals surface area contributed by atoms with E-state index in [9.17, 15) is 7.67 Å². The van der Waals surface area contributed by atoms with Crippen LogP contribution in [-0.2, 0) is 7.67 Å². The molecule has 0 amide bonds. The summed E-state index contributed by atoms with van der Waals surface area (Å²) in [4.78, 5) is 3.85.